The van der Waals surface area contributed by atoms with Crippen LogP contribution in [0.3, 0.4) is 0 Å². The van der Waals surface area contributed by atoms with Gasteiger partial charge in [0.25, 0.3) is 11.1 Å². The zero-order valence-corrected chi connectivity index (χ0v) is 21.8. The molecule has 0 unspecified atom stereocenters. The second-order valence-corrected chi connectivity index (χ2v) is 10.3. The van der Waals surface area contributed by atoms with Gasteiger partial charge in [-0.2, -0.15) is 0 Å². The first-order chi connectivity index (χ1) is 17.7. The number of nitrogens with zero attached hydrogens (tertiary/aromatic N) is 3. The molecule has 0 spiro atoms. The summed E-state index contributed by atoms with van der Waals surface area (Å²) in [5, 5.41) is 3.00. The Bertz CT molecular complexity index is 2010. The smallest absolute Gasteiger partial charge is 0.408 e. The lowest BCUT2D eigenvalue weighted by Crippen LogP contribution is -2.41. The second kappa shape index (κ2) is 8.30. The van der Waals surface area contributed by atoms with Crippen LogP contribution in [0.1, 0.15) is 24.4 Å². The molecule has 188 valence electrons. The van der Waals surface area contributed by atoms with Crippen LogP contribution in [0.25, 0.3) is 27.7 Å². The molecule has 0 saturated heterocycles. The van der Waals surface area contributed by atoms with E-state index in [4.69, 9.17) is 4.42 Å². The highest BCUT2D eigenvalue weighted by Crippen LogP contribution is 2.34. The van der Waals surface area contributed by atoms with Gasteiger partial charge < -0.3 is 9.73 Å². The molecular weight excluding hydrogens is 596 g/mol. The molecule has 1 saturated carbocycles. The fourth-order valence-electron chi connectivity index (χ4n) is 4.65. The van der Waals surface area contributed by atoms with E-state index in [0.717, 1.165) is 0 Å². The zero-order chi connectivity index (χ0) is 26.2. The van der Waals surface area contributed by atoms with Gasteiger partial charge in [-0.05, 0) is 78.8 Å². The normalized spacial score (nSPS) is 13.5. The topological polar surface area (TPSA) is 124 Å². The molecule has 3 aromatic heterocycles. The molecule has 2 N–H and O–H groups in total. The summed E-state index contributed by atoms with van der Waals surface area (Å²) in [6, 6.07) is 8.91. The van der Waals surface area contributed by atoms with Crippen LogP contribution >= 0.6 is 22.6 Å². The summed E-state index contributed by atoms with van der Waals surface area (Å²) in [6.07, 6.45) is 1.32. The van der Waals surface area contributed by atoms with Crippen LogP contribution in [0.2, 0.25) is 0 Å². The largest absolute Gasteiger partial charge is 0.417 e. The van der Waals surface area contributed by atoms with Crippen LogP contribution in [0.15, 0.2) is 60.0 Å². The van der Waals surface area contributed by atoms with Crippen molar-refractivity contribution in [3.8, 4) is 5.69 Å². The van der Waals surface area contributed by atoms with Crippen LogP contribution in [0, 0.1) is 16.3 Å². The van der Waals surface area contributed by atoms with E-state index >= 15 is 0 Å². The van der Waals surface area contributed by atoms with Crippen molar-refractivity contribution in [1.82, 2.24) is 18.7 Å². The number of aromatic amines is 1. The molecule has 0 amide bonds. The van der Waals surface area contributed by atoms with Crippen molar-refractivity contribution in [2.45, 2.75) is 25.8 Å². The van der Waals surface area contributed by atoms with Gasteiger partial charge >= 0.3 is 11.4 Å². The molecule has 1 aliphatic carbocycles. The standard InChI is InChI=1S/C25H19FIN5O5/c1-11-20-19(21(30(2)22(11)33)28-16-7-3-12(27)9-15(16)26)23(34)32(13-4-5-13)25(36)31(20)14-6-8-18-17(10-14)29-24(35)37-18/h3,6-10,13,28H,4-5H2,1-2H3,(H,29,35). The van der Waals surface area contributed by atoms with Gasteiger partial charge in [-0.3, -0.25) is 28.3 Å². The molecule has 12 heteroatoms. The molecule has 0 atom stereocenters. The lowest BCUT2D eigenvalue weighted by Gasteiger charge is -2.20. The number of oxazole rings is 1. The van der Waals surface area contributed by atoms with Gasteiger partial charge in [-0.25, -0.2) is 14.0 Å². The maximum atomic E-state index is 14.8. The minimum absolute atomic E-state index is 0.0663. The van der Waals surface area contributed by atoms with Crippen molar-refractivity contribution >= 4 is 56.1 Å². The first kappa shape index (κ1) is 23.5. The van der Waals surface area contributed by atoms with E-state index in [1.165, 1.54) is 45.9 Å². The Morgan fingerprint density at radius 2 is 1.84 bits per heavy atom. The SMILES string of the molecule is Cc1c(=O)n(C)c(Nc2ccc(I)cc2F)c2c(=O)n(C3CC3)c(=O)n(-c3ccc4oc(=O)[nH]c4c3)c12. The number of nitrogens with one attached hydrogen (secondary N) is 2. The number of rotatable bonds is 4. The van der Waals surface area contributed by atoms with Gasteiger partial charge in [0.05, 0.1) is 22.4 Å². The van der Waals surface area contributed by atoms with E-state index < -0.39 is 28.4 Å². The first-order valence-electron chi connectivity index (χ1n) is 11.4. The summed E-state index contributed by atoms with van der Waals surface area (Å²) in [7, 11) is 1.49. The molecule has 1 fully saturated rings. The van der Waals surface area contributed by atoms with E-state index in [1.54, 1.807) is 18.2 Å². The van der Waals surface area contributed by atoms with E-state index in [9.17, 15) is 23.6 Å². The van der Waals surface area contributed by atoms with Crippen molar-refractivity contribution in [2.24, 2.45) is 7.05 Å². The minimum atomic E-state index is -0.650. The number of fused-ring (bicyclic) bond motifs is 2. The molecular formula is C25H19FIN5O5. The Balaban J connectivity index is 1.76. The van der Waals surface area contributed by atoms with Gasteiger partial charge in [0.15, 0.2) is 5.58 Å². The molecule has 37 heavy (non-hydrogen) atoms. The maximum absolute atomic E-state index is 14.8. The number of hydrogen-bond donors (Lipinski definition) is 2. The Kier molecular flexibility index (Phi) is 5.26. The number of halogens is 2. The third-order valence-electron chi connectivity index (χ3n) is 6.60. The molecule has 6 rings (SSSR count). The fraction of sp³-hybridized carbons (Fsp3) is 0.200. The highest BCUT2D eigenvalue weighted by Gasteiger charge is 2.31. The molecule has 0 bridgehead atoms. The predicted molar refractivity (Wildman–Crippen MR) is 145 cm³/mol. The Morgan fingerprint density at radius 3 is 2.54 bits per heavy atom. The predicted octanol–water partition coefficient (Wildman–Crippen LogP) is 3.42. The first-order valence-corrected chi connectivity index (χ1v) is 12.5. The lowest BCUT2D eigenvalue weighted by molar-refractivity contribution is 0.555. The van der Waals surface area contributed by atoms with E-state index in [1.807, 2.05) is 22.6 Å². The average Bonchev–Trinajstić information content (AvgIpc) is 3.61. The Hall–Kier alpha value is -3.94. The van der Waals surface area contributed by atoms with Gasteiger partial charge in [-0.1, -0.05) is 0 Å². The number of H-pyrrole nitrogens is 1. The van der Waals surface area contributed by atoms with Crippen LogP contribution in [-0.4, -0.2) is 18.7 Å². The molecule has 3 heterocycles. The molecule has 2 aromatic carbocycles. The number of aromatic nitrogens is 4. The molecule has 5 aromatic rings. The van der Waals surface area contributed by atoms with Crippen molar-refractivity contribution in [3.63, 3.8) is 0 Å². The third kappa shape index (κ3) is 3.65. The Morgan fingerprint density at radius 1 is 1.08 bits per heavy atom. The van der Waals surface area contributed by atoms with Gasteiger partial charge in [0.1, 0.15) is 17.0 Å². The molecule has 1 aliphatic rings. The molecule has 10 nitrogen and oxygen atoms in total. The van der Waals surface area contributed by atoms with E-state index in [-0.39, 0.29) is 34.0 Å². The summed E-state index contributed by atoms with van der Waals surface area (Å²) in [6.45, 7) is 1.54. The molecule has 0 aliphatic heterocycles. The van der Waals surface area contributed by atoms with E-state index in [2.05, 4.69) is 10.3 Å². The summed E-state index contributed by atoms with van der Waals surface area (Å²) in [5.74, 6) is -1.14. The van der Waals surface area contributed by atoms with Crippen molar-refractivity contribution in [1.29, 1.82) is 0 Å². The number of hydrogen-bond acceptors (Lipinski definition) is 6. The summed E-state index contributed by atoms with van der Waals surface area (Å²) in [5.41, 5.74) is -0.298. The monoisotopic (exact) mass is 615 g/mol. The molecule has 0 radical (unpaired) electrons. The highest BCUT2D eigenvalue weighted by atomic mass is 127. The number of pyridine rings is 1. The fourth-order valence-corrected chi connectivity index (χ4v) is 5.11. The summed E-state index contributed by atoms with van der Waals surface area (Å²) in [4.78, 5) is 55.2. The van der Waals surface area contributed by atoms with Gasteiger partial charge in [-0.15, -0.1) is 0 Å². The minimum Gasteiger partial charge on any atom is -0.408 e. The summed E-state index contributed by atoms with van der Waals surface area (Å²) >= 11 is 1.99. The average molecular weight is 615 g/mol. The number of benzene rings is 2. The third-order valence-corrected chi connectivity index (χ3v) is 7.27. The lowest BCUT2D eigenvalue weighted by atomic mass is 10.1. The highest BCUT2D eigenvalue weighted by molar-refractivity contribution is 14.1. The maximum Gasteiger partial charge on any atom is 0.417 e. The van der Waals surface area contributed by atoms with Crippen LogP contribution in [0.4, 0.5) is 15.9 Å². The van der Waals surface area contributed by atoms with E-state index in [0.29, 0.717) is 33.2 Å². The quantitative estimate of drug-likeness (QED) is 0.299. The van der Waals surface area contributed by atoms with Crippen molar-refractivity contribution in [2.75, 3.05) is 5.32 Å². The number of aryl methyl sites for hydroxylation is 1. The second-order valence-electron chi connectivity index (χ2n) is 9.03. The van der Waals surface area contributed by atoms with Crippen LogP contribution in [-0.2, 0) is 7.05 Å². The zero-order valence-electron chi connectivity index (χ0n) is 19.6. The van der Waals surface area contributed by atoms with Crippen LogP contribution < -0.4 is 27.9 Å². The van der Waals surface area contributed by atoms with Gasteiger partial charge in [0.2, 0.25) is 0 Å². The van der Waals surface area contributed by atoms with Crippen molar-refractivity contribution in [3.05, 3.63) is 93.1 Å². The summed E-state index contributed by atoms with van der Waals surface area (Å²) < 4.78 is 24.3. The van der Waals surface area contributed by atoms with Crippen LogP contribution in [0.5, 0.6) is 0 Å². The number of anilines is 2. The van der Waals surface area contributed by atoms with Crippen molar-refractivity contribution < 1.29 is 8.81 Å². The Labute approximate surface area is 220 Å². The van der Waals surface area contributed by atoms with Gasteiger partial charge in [0, 0.05) is 22.2 Å².